The van der Waals surface area contributed by atoms with Crippen LogP contribution in [0.25, 0.3) is 0 Å². The zero-order chi connectivity index (χ0) is 12.3. The first-order valence-electron chi connectivity index (χ1n) is 5.76. The normalized spacial score (nSPS) is 21.4. The topological polar surface area (TPSA) is 46.5 Å². The maximum absolute atomic E-state index is 11.3. The van der Waals surface area contributed by atoms with E-state index in [0.29, 0.717) is 6.42 Å². The Bertz CT molecular complexity index is 382. The van der Waals surface area contributed by atoms with E-state index in [1.165, 1.54) is 0 Å². The third-order valence-corrected chi connectivity index (χ3v) is 3.62. The highest BCUT2D eigenvalue weighted by molar-refractivity contribution is 9.10. The summed E-state index contributed by atoms with van der Waals surface area (Å²) in [6.45, 7) is 0.761. The standard InChI is InChI=1S/C13H15BrO3/c14-10-5-3-9(4-6-10)12(13(15)16)8-11-2-1-7-17-11/h3-6,11-12H,1-2,7-8H2,(H,15,16). The smallest absolute Gasteiger partial charge is 0.311 e. The van der Waals surface area contributed by atoms with Crippen molar-refractivity contribution in [3.8, 4) is 0 Å². The number of hydrogen-bond acceptors (Lipinski definition) is 2. The predicted octanol–water partition coefficient (Wildman–Crippen LogP) is 3.19. The van der Waals surface area contributed by atoms with E-state index in [4.69, 9.17) is 4.74 Å². The van der Waals surface area contributed by atoms with Gasteiger partial charge in [0.1, 0.15) is 0 Å². The van der Waals surface area contributed by atoms with E-state index in [2.05, 4.69) is 15.9 Å². The lowest BCUT2D eigenvalue weighted by Crippen LogP contribution is -2.18. The number of hydrogen-bond donors (Lipinski definition) is 1. The molecule has 1 heterocycles. The summed E-state index contributed by atoms with van der Waals surface area (Å²) in [6.07, 6.45) is 2.67. The molecular weight excluding hydrogens is 284 g/mol. The summed E-state index contributed by atoms with van der Waals surface area (Å²) >= 11 is 3.35. The Morgan fingerprint density at radius 2 is 2.18 bits per heavy atom. The van der Waals surface area contributed by atoms with Gasteiger partial charge in [0.2, 0.25) is 0 Å². The van der Waals surface area contributed by atoms with Crippen LogP contribution in [-0.2, 0) is 9.53 Å². The van der Waals surface area contributed by atoms with Gasteiger partial charge in [-0.2, -0.15) is 0 Å². The molecule has 1 aromatic carbocycles. The molecule has 0 bridgehead atoms. The van der Waals surface area contributed by atoms with Crippen molar-refractivity contribution in [2.24, 2.45) is 0 Å². The van der Waals surface area contributed by atoms with Crippen molar-refractivity contribution < 1.29 is 14.6 Å². The minimum absolute atomic E-state index is 0.0970. The van der Waals surface area contributed by atoms with Crippen LogP contribution in [0.3, 0.4) is 0 Å². The summed E-state index contributed by atoms with van der Waals surface area (Å²) in [6, 6.07) is 7.47. The molecule has 1 aliphatic rings. The zero-order valence-electron chi connectivity index (χ0n) is 9.43. The van der Waals surface area contributed by atoms with E-state index >= 15 is 0 Å². The molecule has 2 unspecified atom stereocenters. The van der Waals surface area contributed by atoms with Crippen LogP contribution in [0.15, 0.2) is 28.7 Å². The summed E-state index contributed by atoms with van der Waals surface area (Å²) < 4.78 is 6.47. The SMILES string of the molecule is O=C(O)C(CC1CCCO1)c1ccc(Br)cc1. The number of rotatable bonds is 4. The van der Waals surface area contributed by atoms with Crippen molar-refractivity contribution in [1.82, 2.24) is 0 Å². The maximum Gasteiger partial charge on any atom is 0.311 e. The molecule has 0 aliphatic carbocycles. The second-order valence-corrected chi connectivity index (χ2v) is 5.23. The van der Waals surface area contributed by atoms with Gasteiger partial charge in [0, 0.05) is 11.1 Å². The first-order valence-corrected chi connectivity index (χ1v) is 6.56. The number of aliphatic carboxylic acids is 1. The molecule has 1 aromatic rings. The van der Waals surface area contributed by atoms with Crippen LogP contribution in [0.2, 0.25) is 0 Å². The summed E-state index contributed by atoms with van der Waals surface area (Å²) in [5.74, 6) is -1.24. The Labute approximate surface area is 109 Å². The molecular formula is C13H15BrO3. The molecule has 0 radical (unpaired) electrons. The van der Waals surface area contributed by atoms with Gasteiger partial charge >= 0.3 is 5.97 Å². The lowest BCUT2D eigenvalue weighted by Gasteiger charge is -2.17. The number of benzene rings is 1. The molecule has 3 nitrogen and oxygen atoms in total. The van der Waals surface area contributed by atoms with E-state index in [1.54, 1.807) is 0 Å². The van der Waals surface area contributed by atoms with E-state index < -0.39 is 11.9 Å². The van der Waals surface area contributed by atoms with Crippen LogP contribution in [0, 0.1) is 0 Å². The lowest BCUT2D eigenvalue weighted by molar-refractivity contribution is -0.139. The Morgan fingerprint density at radius 3 is 2.71 bits per heavy atom. The molecule has 1 N–H and O–H groups in total. The molecule has 17 heavy (non-hydrogen) atoms. The van der Waals surface area contributed by atoms with Crippen molar-refractivity contribution in [2.75, 3.05) is 6.61 Å². The highest BCUT2D eigenvalue weighted by Crippen LogP contribution is 2.28. The minimum Gasteiger partial charge on any atom is -0.481 e. The molecule has 0 spiro atoms. The average Bonchev–Trinajstić information content (AvgIpc) is 2.80. The van der Waals surface area contributed by atoms with Crippen LogP contribution in [-0.4, -0.2) is 23.8 Å². The second kappa shape index (κ2) is 5.65. The minimum atomic E-state index is -0.775. The molecule has 4 heteroatoms. The fourth-order valence-corrected chi connectivity index (χ4v) is 2.43. The maximum atomic E-state index is 11.3. The quantitative estimate of drug-likeness (QED) is 0.928. The van der Waals surface area contributed by atoms with E-state index in [9.17, 15) is 9.90 Å². The van der Waals surface area contributed by atoms with Gasteiger partial charge in [-0.1, -0.05) is 28.1 Å². The Morgan fingerprint density at radius 1 is 1.47 bits per heavy atom. The molecule has 92 valence electrons. The van der Waals surface area contributed by atoms with Gasteiger partial charge in [0.25, 0.3) is 0 Å². The fraction of sp³-hybridized carbons (Fsp3) is 0.462. The van der Waals surface area contributed by atoms with Gasteiger partial charge < -0.3 is 9.84 Å². The molecule has 1 aliphatic heterocycles. The van der Waals surface area contributed by atoms with E-state index in [0.717, 1.165) is 29.5 Å². The molecule has 0 saturated carbocycles. The monoisotopic (exact) mass is 298 g/mol. The number of carboxylic acids is 1. The van der Waals surface area contributed by atoms with Crippen LogP contribution in [0.5, 0.6) is 0 Å². The third kappa shape index (κ3) is 3.30. The number of carbonyl (C=O) groups is 1. The van der Waals surface area contributed by atoms with Crippen molar-refractivity contribution in [2.45, 2.75) is 31.3 Å². The highest BCUT2D eigenvalue weighted by atomic mass is 79.9. The Balaban J connectivity index is 2.10. The van der Waals surface area contributed by atoms with E-state index in [-0.39, 0.29) is 6.10 Å². The van der Waals surface area contributed by atoms with Gasteiger partial charge in [-0.05, 0) is 37.0 Å². The first kappa shape index (κ1) is 12.6. The van der Waals surface area contributed by atoms with Gasteiger partial charge in [-0.15, -0.1) is 0 Å². The summed E-state index contributed by atoms with van der Waals surface area (Å²) in [5, 5.41) is 9.29. The summed E-state index contributed by atoms with van der Waals surface area (Å²) in [4.78, 5) is 11.3. The average molecular weight is 299 g/mol. The van der Waals surface area contributed by atoms with Crippen LogP contribution >= 0.6 is 15.9 Å². The van der Waals surface area contributed by atoms with Crippen LogP contribution in [0.1, 0.15) is 30.7 Å². The molecule has 2 rings (SSSR count). The van der Waals surface area contributed by atoms with Gasteiger partial charge in [-0.25, -0.2) is 0 Å². The number of halogens is 1. The molecule has 0 aromatic heterocycles. The largest absolute Gasteiger partial charge is 0.481 e. The van der Waals surface area contributed by atoms with Crippen LogP contribution in [0.4, 0.5) is 0 Å². The molecule has 0 amide bonds. The summed E-state index contributed by atoms with van der Waals surface area (Å²) in [5.41, 5.74) is 0.844. The number of ether oxygens (including phenoxy) is 1. The van der Waals surface area contributed by atoms with Crippen molar-refractivity contribution in [1.29, 1.82) is 0 Å². The zero-order valence-corrected chi connectivity index (χ0v) is 11.0. The predicted molar refractivity (Wildman–Crippen MR) is 68.1 cm³/mol. The van der Waals surface area contributed by atoms with Crippen molar-refractivity contribution >= 4 is 21.9 Å². The van der Waals surface area contributed by atoms with E-state index in [1.807, 2.05) is 24.3 Å². The Hall–Kier alpha value is -0.870. The first-order chi connectivity index (χ1) is 8.16. The Kier molecular flexibility index (Phi) is 4.18. The molecule has 1 fully saturated rings. The van der Waals surface area contributed by atoms with Gasteiger partial charge in [-0.3, -0.25) is 4.79 Å². The van der Waals surface area contributed by atoms with Gasteiger partial charge in [0.15, 0.2) is 0 Å². The van der Waals surface area contributed by atoms with Crippen molar-refractivity contribution in [3.05, 3.63) is 34.3 Å². The number of carboxylic acid groups (broad SMARTS) is 1. The fourth-order valence-electron chi connectivity index (χ4n) is 2.17. The third-order valence-electron chi connectivity index (χ3n) is 3.09. The van der Waals surface area contributed by atoms with Crippen LogP contribution < -0.4 is 0 Å². The highest BCUT2D eigenvalue weighted by Gasteiger charge is 2.26. The summed E-state index contributed by atoms with van der Waals surface area (Å²) in [7, 11) is 0. The molecule has 2 atom stereocenters. The lowest BCUT2D eigenvalue weighted by atomic mass is 9.92. The molecule has 1 saturated heterocycles. The van der Waals surface area contributed by atoms with Crippen molar-refractivity contribution in [3.63, 3.8) is 0 Å². The van der Waals surface area contributed by atoms with Gasteiger partial charge in [0.05, 0.1) is 12.0 Å². The second-order valence-electron chi connectivity index (χ2n) is 4.31.